The minimum absolute atomic E-state index is 1.21. The van der Waals surface area contributed by atoms with E-state index in [0.717, 1.165) is 0 Å². The zero-order chi connectivity index (χ0) is 10.8. The zero-order valence-corrected chi connectivity index (χ0v) is 9.84. The Morgan fingerprint density at radius 1 is 1.00 bits per heavy atom. The van der Waals surface area contributed by atoms with Gasteiger partial charge in [0.15, 0.2) is 0 Å². The second-order valence-electron chi connectivity index (χ2n) is 4.05. The molecule has 0 atom stereocenters. The molecule has 1 saturated heterocycles. The second kappa shape index (κ2) is 8.49. The van der Waals surface area contributed by atoms with Crippen LogP contribution >= 0.6 is 0 Å². The number of rotatable bonds is 2. The molecular formula is C14H23N. The van der Waals surface area contributed by atoms with Crippen LogP contribution in [0.4, 0.5) is 0 Å². The van der Waals surface area contributed by atoms with Crippen molar-refractivity contribution >= 4 is 0 Å². The first-order chi connectivity index (χ1) is 7.43. The summed E-state index contributed by atoms with van der Waals surface area (Å²) in [6.07, 6.45) is 6.66. The van der Waals surface area contributed by atoms with Crippen molar-refractivity contribution in [3.05, 3.63) is 35.9 Å². The first kappa shape index (κ1) is 12.3. The molecule has 15 heavy (non-hydrogen) atoms. The Hall–Kier alpha value is -0.820. The van der Waals surface area contributed by atoms with Crippen LogP contribution < -0.4 is 5.32 Å². The van der Waals surface area contributed by atoms with Crippen molar-refractivity contribution in [2.75, 3.05) is 13.1 Å². The summed E-state index contributed by atoms with van der Waals surface area (Å²) in [5.74, 6) is 0. The van der Waals surface area contributed by atoms with Crippen molar-refractivity contribution in [3.63, 3.8) is 0 Å². The van der Waals surface area contributed by atoms with Crippen LogP contribution in [0.15, 0.2) is 30.3 Å². The Kier molecular flexibility index (Phi) is 6.93. The van der Waals surface area contributed by atoms with Crippen molar-refractivity contribution in [1.82, 2.24) is 5.32 Å². The smallest absolute Gasteiger partial charge is 0.00489 e. The van der Waals surface area contributed by atoms with E-state index >= 15 is 0 Å². The predicted octanol–water partition coefficient (Wildman–Crippen LogP) is 3.40. The Balaban J connectivity index is 0.000000162. The summed E-state index contributed by atoms with van der Waals surface area (Å²) in [4.78, 5) is 0. The summed E-state index contributed by atoms with van der Waals surface area (Å²) < 4.78 is 0. The molecule has 1 aliphatic heterocycles. The molecule has 1 heteroatoms. The molecular weight excluding hydrogens is 182 g/mol. The highest BCUT2D eigenvalue weighted by atomic mass is 14.9. The maximum absolute atomic E-state index is 3.28. The van der Waals surface area contributed by atoms with E-state index in [9.17, 15) is 0 Å². The van der Waals surface area contributed by atoms with E-state index in [-0.39, 0.29) is 0 Å². The molecule has 2 rings (SSSR count). The quantitative estimate of drug-likeness (QED) is 0.780. The first-order valence-electron chi connectivity index (χ1n) is 6.18. The van der Waals surface area contributed by atoms with Gasteiger partial charge in [-0.25, -0.2) is 0 Å². The van der Waals surface area contributed by atoms with Gasteiger partial charge in [-0.1, -0.05) is 50.1 Å². The monoisotopic (exact) mass is 205 g/mol. The van der Waals surface area contributed by atoms with Crippen LogP contribution in [0.5, 0.6) is 0 Å². The van der Waals surface area contributed by atoms with Gasteiger partial charge in [0.05, 0.1) is 0 Å². The normalized spacial score (nSPS) is 15.3. The van der Waals surface area contributed by atoms with E-state index in [1.54, 1.807) is 0 Å². The summed E-state index contributed by atoms with van der Waals surface area (Å²) >= 11 is 0. The third-order valence-electron chi connectivity index (χ3n) is 2.59. The average Bonchev–Trinajstić information content (AvgIpc) is 2.34. The summed E-state index contributed by atoms with van der Waals surface area (Å²) in [5, 5.41) is 3.28. The highest BCUT2D eigenvalue weighted by Gasteiger charge is 1.93. The lowest BCUT2D eigenvalue weighted by Gasteiger charge is -2.08. The number of aryl methyl sites for hydroxylation is 1. The topological polar surface area (TPSA) is 12.0 Å². The number of benzene rings is 1. The molecule has 0 aliphatic carbocycles. The van der Waals surface area contributed by atoms with Crippen LogP contribution in [0.3, 0.4) is 0 Å². The molecule has 0 spiro atoms. The van der Waals surface area contributed by atoms with Crippen LogP contribution in [0.2, 0.25) is 0 Å². The summed E-state index contributed by atoms with van der Waals surface area (Å²) in [5.41, 5.74) is 1.44. The molecule has 0 aromatic heterocycles. The number of nitrogens with one attached hydrogen (secondary N) is 1. The zero-order valence-electron chi connectivity index (χ0n) is 9.84. The lowest BCUT2D eigenvalue weighted by molar-refractivity contribution is 0.520. The lowest BCUT2D eigenvalue weighted by Crippen LogP contribution is -2.21. The summed E-state index contributed by atoms with van der Waals surface area (Å²) in [7, 11) is 0. The SMILES string of the molecule is C1CCNCC1.CCCc1ccccc1. The molecule has 0 unspecified atom stereocenters. The van der Waals surface area contributed by atoms with E-state index in [2.05, 4.69) is 42.6 Å². The van der Waals surface area contributed by atoms with Crippen molar-refractivity contribution in [1.29, 1.82) is 0 Å². The molecule has 84 valence electrons. The van der Waals surface area contributed by atoms with Crippen LogP contribution in [-0.2, 0) is 6.42 Å². The predicted molar refractivity (Wildman–Crippen MR) is 67.2 cm³/mol. The molecule has 1 aliphatic rings. The van der Waals surface area contributed by atoms with Gasteiger partial charge in [0, 0.05) is 0 Å². The molecule has 1 nitrogen and oxygen atoms in total. The fraction of sp³-hybridized carbons (Fsp3) is 0.571. The maximum Gasteiger partial charge on any atom is -0.00489 e. The molecule has 0 bridgehead atoms. The highest BCUT2D eigenvalue weighted by Crippen LogP contribution is 2.00. The molecule has 0 radical (unpaired) electrons. The van der Waals surface area contributed by atoms with Crippen LogP contribution in [-0.4, -0.2) is 13.1 Å². The first-order valence-corrected chi connectivity index (χ1v) is 6.18. The van der Waals surface area contributed by atoms with Crippen LogP contribution in [0, 0.1) is 0 Å². The molecule has 0 saturated carbocycles. The van der Waals surface area contributed by atoms with Gasteiger partial charge < -0.3 is 5.32 Å². The number of hydrogen-bond donors (Lipinski definition) is 1. The van der Waals surface area contributed by atoms with E-state index in [0.29, 0.717) is 0 Å². The molecule has 1 fully saturated rings. The van der Waals surface area contributed by atoms with Crippen LogP contribution in [0.1, 0.15) is 38.2 Å². The van der Waals surface area contributed by atoms with Gasteiger partial charge in [-0.15, -0.1) is 0 Å². The average molecular weight is 205 g/mol. The largest absolute Gasteiger partial charge is 0.317 e. The lowest BCUT2D eigenvalue weighted by atomic mass is 10.1. The molecule has 1 N–H and O–H groups in total. The number of hydrogen-bond acceptors (Lipinski definition) is 1. The highest BCUT2D eigenvalue weighted by molar-refractivity contribution is 5.14. The number of piperidine rings is 1. The molecule has 1 aromatic carbocycles. The van der Waals surface area contributed by atoms with E-state index in [4.69, 9.17) is 0 Å². The fourth-order valence-electron chi connectivity index (χ4n) is 1.74. The molecule has 1 heterocycles. The molecule has 0 amide bonds. The van der Waals surface area contributed by atoms with Crippen molar-refractivity contribution < 1.29 is 0 Å². The van der Waals surface area contributed by atoms with E-state index in [1.807, 2.05) is 0 Å². The molecule has 1 aromatic rings. The Bertz CT molecular complexity index is 215. The minimum Gasteiger partial charge on any atom is -0.317 e. The third-order valence-corrected chi connectivity index (χ3v) is 2.59. The van der Waals surface area contributed by atoms with Crippen molar-refractivity contribution in [3.8, 4) is 0 Å². The second-order valence-corrected chi connectivity index (χ2v) is 4.05. The van der Waals surface area contributed by atoms with E-state index < -0.39 is 0 Å². The van der Waals surface area contributed by atoms with Gasteiger partial charge in [-0.3, -0.25) is 0 Å². The fourth-order valence-corrected chi connectivity index (χ4v) is 1.74. The Morgan fingerprint density at radius 2 is 1.67 bits per heavy atom. The Labute approximate surface area is 93.9 Å². The van der Waals surface area contributed by atoms with Gasteiger partial charge in [0.1, 0.15) is 0 Å². The summed E-state index contributed by atoms with van der Waals surface area (Å²) in [6.45, 7) is 4.70. The Morgan fingerprint density at radius 3 is 2.07 bits per heavy atom. The van der Waals surface area contributed by atoms with Crippen molar-refractivity contribution in [2.45, 2.75) is 39.0 Å². The standard InChI is InChI=1S/C9H12.C5H11N/c1-2-6-9-7-4-3-5-8-9;1-2-4-6-5-3-1/h3-5,7-8H,2,6H2,1H3;6H,1-5H2. The van der Waals surface area contributed by atoms with Gasteiger partial charge in [0.2, 0.25) is 0 Å². The van der Waals surface area contributed by atoms with E-state index in [1.165, 1.54) is 50.8 Å². The van der Waals surface area contributed by atoms with Gasteiger partial charge in [0.25, 0.3) is 0 Å². The van der Waals surface area contributed by atoms with Crippen molar-refractivity contribution in [2.24, 2.45) is 0 Å². The third kappa shape index (κ3) is 6.29. The maximum atomic E-state index is 3.28. The summed E-state index contributed by atoms with van der Waals surface area (Å²) in [6, 6.07) is 10.6. The van der Waals surface area contributed by atoms with Gasteiger partial charge in [-0.05, 0) is 37.9 Å². The van der Waals surface area contributed by atoms with Crippen LogP contribution in [0.25, 0.3) is 0 Å². The minimum atomic E-state index is 1.21. The van der Waals surface area contributed by atoms with Gasteiger partial charge >= 0.3 is 0 Å². The van der Waals surface area contributed by atoms with Gasteiger partial charge in [-0.2, -0.15) is 0 Å².